The number of hydrogen-bond donors (Lipinski definition) is 2. The van der Waals surface area contributed by atoms with Gasteiger partial charge in [-0.1, -0.05) is 0 Å². The van der Waals surface area contributed by atoms with Crippen molar-refractivity contribution >= 4 is 0 Å². The van der Waals surface area contributed by atoms with Crippen molar-refractivity contribution < 1.29 is 14.9 Å². The van der Waals surface area contributed by atoms with Gasteiger partial charge < -0.3 is 14.9 Å². The van der Waals surface area contributed by atoms with Gasteiger partial charge in [0.05, 0.1) is 12.2 Å². The van der Waals surface area contributed by atoms with Gasteiger partial charge in [-0.3, -0.25) is 0 Å². The monoisotopic (exact) mass is 160 g/mol. The molecule has 1 saturated heterocycles. The Morgan fingerprint density at radius 2 is 2.18 bits per heavy atom. The smallest absolute Gasteiger partial charge is 0.0651 e. The molecule has 0 saturated carbocycles. The predicted octanol–water partition coefficient (Wildman–Crippen LogP) is 0.155. The Kier molecular flexibility index (Phi) is 3.30. The zero-order chi connectivity index (χ0) is 8.27. The Labute approximate surface area is 67.0 Å². The van der Waals surface area contributed by atoms with Gasteiger partial charge >= 0.3 is 0 Å². The molecule has 0 aromatic carbocycles. The lowest BCUT2D eigenvalue weighted by atomic mass is 9.99. The highest BCUT2D eigenvalue weighted by Crippen LogP contribution is 2.27. The Morgan fingerprint density at radius 3 is 2.73 bits per heavy atom. The standard InChI is InChI=1S/C8H16O3/c1-6-4-7(5-10)8(11-6)2-3-9/h6-10H,2-5H2,1H3/t6-,7-,8+/m0/s1. The summed E-state index contributed by atoms with van der Waals surface area (Å²) in [4.78, 5) is 0. The normalized spacial score (nSPS) is 37.9. The van der Waals surface area contributed by atoms with Gasteiger partial charge in [0.25, 0.3) is 0 Å². The molecule has 1 aliphatic rings. The molecule has 1 rings (SSSR count). The van der Waals surface area contributed by atoms with E-state index in [0.717, 1.165) is 6.42 Å². The molecule has 0 bridgehead atoms. The van der Waals surface area contributed by atoms with E-state index in [9.17, 15) is 0 Å². The topological polar surface area (TPSA) is 49.7 Å². The molecule has 66 valence electrons. The van der Waals surface area contributed by atoms with Crippen LogP contribution in [-0.4, -0.2) is 35.6 Å². The average Bonchev–Trinajstić information content (AvgIpc) is 2.32. The summed E-state index contributed by atoms with van der Waals surface area (Å²) in [6, 6.07) is 0. The zero-order valence-electron chi connectivity index (χ0n) is 6.86. The molecule has 1 aliphatic heterocycles. The Morgan fingerprint density at radius 1 is 1.45 bits per heavy atom. The Balaban J connectivity index is 2.37. The third kappa shape index (κ3) is 2.15. The molecule has 0 spiro atoms. The van der Waals surface area contributed by atoms with E-state index < -0.39 is 0 Å². The first-order valence-electron chi connectivity index (χ1n) is 4.15. The van der Waals surface area contributed by atoms with Crippen LogP contribution in [0.2, 0.25) is 0 Å². The summed E-state index contributed by atoms with van der Waals surface area (Å²) in [6.45, 7) is 2.32. The molecule has 1 heterocycles. The average molecular weight is 160 g/mol. The molecule has 0 aromatic heterocycles. The fraction of sp³-hybridized carbons (Fsp3) is 1.00. The van der Waals surface area contributed by atoms with Crippen molar-refractivity contribution in [2.24, 2.45) is 5.92 Å². The molecule has 1 fully saturated rings. The molecule has 0 aromatic rings. The third-order valence-electron chi connectivity index (χ3n) is 2.22. The highest BCUT2D eigenvalue weighted by molar-refractivity contribution is 4.79. The van der Waals surface area contributed by atoms with Crippen LogP contribution in [0.3, 0.4) is 0 Å². The maximum absolute atomic E-state index is 8.92. The van der Waals surface area contributed by atoms with Crippen LogP contribution in [-0.2, 0) is 4.74 Å². The van der Waals surface area contributed by atoms with Crippen LogP contribution < -0.4 is 0 Å². The summed E-state index contributed by atoms with van der Waals surface area (Å²) in [5.41, 5.74) is 0. The van der Waals surface area contributed by atoms with E-state index in [-0.39, 0.29) is 31.3 Å². The van der Waals surface area contributed by atoms with Crippen LogP contribution in [0.25, 0.3) is 0 Å². The SMILES string of the molecule is C[C@H]1C[C@@H](CO)[C@@H](CCO)O1. The van der Waals surface area contributed by atoms with Crippen LogP contribution in [0, 0.1) is 5.92 Å². The lowest BCUT2D eigenvalue weighted by Crippen LogP contribution is -2.20. The minimum absolute atomic E-state index is 0.0694. The fourth-order valence-corrected chi connectivity index (χ4v) is 1.67. The quantitative estimate of drug-likeness (QED) is 0.618. The van der Waals surface area contributed by atoms with E-state index in [4.69, 9.17) is 14.9 Å². The summed E-state index contributed by atoms with van der Waals surface area (Å²) < 4.78 is 5.49. The first kappa shape index (κ1) is 8.97. The van der Waals surface area contributed by atoms with E-state index in [1.807, 2.05) is 6.92 Å². The number of aliphatic hydroxyl groups excluding tert-OH is 2. The number of hydrogen-bond acceptors (Lipinski definition) is 3. The van der Waals surface area contributed by atoms with E-state index >= 15 is 0 Å². The van der Waals surface area contributed by atoms with Crippen molar-refractivity contribution in [1.29, 1.82) is 0 Å². The fourth-order valence-electron chi connectivity index (χ4n) is 1.67. The van der Waals surface area contributed by atoms with Gasteiger partial charge in [-0.2, -0.15) is 0 Å². The molecular weight excluding hydrogens is 144 g/mol. The summed E-state index contributed by atoms with van der Waals surface area (Å²) >= 11 is 0. The second-order valence-electron chi connectivity index (χ2n) is 3.18. The van der Waals surface area contributed by atoms with Crippen molar-refractivity contribution in [3.8, 4) is 0 Å². The Bertz CT molecular complexity index is 116. The van der Waals surface area contributed by atoms with Crippen molar-refractivity contribution in [3.63, 3.8) is 0 Å². The molecule has 0 radical (unpaired) electrons. The number of aliphatic hydroxyl groups is 2. The van der Waals surface area contributed by atoms with Crippen molar-refractivity contribution in [3.05, 3.63) is 0 Å². The van der Waals surface area contributed by atoms with Gasteiger partial charge in [0.1, 0.15) is 0 Å². The van der Waals surface area contributed by atoms with Crippen LogP contribution in [0.4, 0.5) is 0 Å². The maximum atomic E-state index is 8.92. The summed E-state index contributed by atoms with van der Waals surface area (Å²) in [7, 11) is 0. The highest BCUT2D eigenvalue weighted by atomic mass is 16.5. The maximum Gasteiger partial charge on any atom is 0.0651 e. The summed E-state index contributed by atoms with van der Waals surface area (Å²) in [5, 5.41) is 17.6. The van der Waals surface area contributed by atoms with Gasteiger partial charge in [-0.15, -0.1) is 0 Å². The molecule has 0 unspecified atom stereocenters. The van der Waals surface area contributed by atoms with Gasteiger partial charge in [0, 0.05) is 19.1 Å². The van der Waals surface area contributed by atoms with Crippen LogP contribution in [0.1, 0.15) is 19.8 Å². The summed E-state index contributed by atoms with van der Waals surface area (Å²) in [5.74, 6) is 0.233. The lowest BCUT2D eigenvalue weighted by molar-refractivity contribution is 0.0196. The Hall–Kier alpha value is -0.120. The molecular formula is C8H16O3. The molecule has 3 heteroatoms. The molecule has 3 atom stereocenters. The zero-order valence-corrected chi connectivity index (χ0v) is 6.86. The molecule has 0 amide bonds. The van der Waals surface area contributed by atoms with Crippen molar-refractivity contribution in [1.82, 2.24) is 0 Å². The van der Waals surface area contributed by atoms with E-state index in [1.165, 1.54) is 0 Å². The number of rotatable bonds is 3. The van der Waals surface area contributed by atoms with Crippen LogP contribution in [0.15, 0.2) is 0 Å². The van der Waals surface area contributed by atoms with Crippen LogP contribution in [0.5, 0.6) is 0 Å². The first-order chi connectivity index (χ1) is 5.27. The molecule has 3 nitrogen and oxygen atoms in total. The lowest BCUT2D eigenvalue weighted by Gasteiger charge is -2.14. The molecule has 0 aliphatic carbocycles. The van der Waals surface area contributed by atoms with Crippen molar-refractivity contribution in [2.45, 2.75) is 32.0 Å². The second kappa shape index (κ2) is 4.04. The van der Waals surface area contributed by atoms with Crippen LogP contribution >= 0.6 is 0 Å². The molecule has 2 N–H and O–H groups in total. The van der Waals surface area contributed by atoms with Gasteiger partial charge in [0.2, 0.25) is 0 Å². The summed E-state index contributed by atoms with van der Waals surface area (Å²) in [6.07, 6.45) is 1.88. The largest absolute Gasteiger partial charge is 0.396 e. The van der Waals surface area contributed by atoms with E-state index in [1.54, 1.807) is 0 Å². The first-order valence-corrected chi connectivity index (χ1v) is 4.15. The third-order valence-corrected chi connectivity index (χ3v) is 2.22. The van der Waals surface area contributed by atoms with Gasteiger partial charge in [-0.25, -0.2) is 0 Å². The van der Waals surface area contributed by atoms with Gasteiger partial charge in [0.15, 0.2) is 0 Å². The predicted molar refractivity (Wildman–Crippen MR) is 41.2 cm³/mol. The minimum atomic E-state index is 0.0694. The molecule has 11 heavy (non-hydrogen) atoms. The van der Waals surface area contributed by atoms with E-state index in [0.29, 0.717) is 6.42 Å². The van der Waals surface area contributed by atoms with E-state index in [2.05, 4.69) is 0 Å². The van der Waals surface area contributed by atoms with Crippen molar-refractivity contribution in [2.75, 3.05) is 13.2 Å². The second-order valence-corrected chi connectivity index (χ2v) is 3.18. The minimum Gasteiger partial charge on any atom is -0.396 e. The van der Waals surface area contributed by atoms with Gasteiger partial charge in [-0.05, 0) is 19.8 Å². The number of ether oxygens (including phenoxy) is 1. The highest BCUT2D eigenvalue weighted by Gasteiger charge is 2.31.